The molecule has 0 atom stereocenters. The molecule has 0 radical (unpaired) electrons. The van der Waals surface area contributed by atoms with Crippen LogP contribution in [0.15, 0.2) is 28.6 Å². The molecule has 3 N–H and O–H groups in total. The largest absolute Gasteiger partial charge is 0.356 e. The minimum Gasteiger partial charge on any atom is -0.356 e. The van der Waals surface area contributed by atoms with Gasteiger partial charge in [-0.15, -0.1) is 11.3 Å². The van der Waals surface area contributed by atoms with Gasteiger partial charge < -0.3 is 16.0 Å². The van der Waals surface area contributed by atoms with Gasteiger partial charge in [-0.25, -0.2) is 0 Å². The Labute approximate surface area is 158 Å². The van der Waals surface area contributed by atoms with Crippen molar-refractivity contribution in [2.24, 2.45) is 4.99 Å². The fourth-order valence-electron chi connectivity index (χ4n) is 2.55. The number of hydrogen-bond donors (Lipinski definition) is 3. The van der Waals surface area contributed by atoms with Crippen molar-refractivity contribution in [1.82, 2.24) is 25.7 Å². The summed E-state index contributed by atoms with van der Waals surface area (Å²) in [5, 5.41) is 15.8. The van der Waals surface area contributed by atoms with Gasteiger partial charge in [0.05, 0.1) is 10.6 Å². The Morgan fingerprint density at radius 2 is 1.92 bits per heavy atom. The molecule has 0 aliphatic rings. The third-order valence-electron chi connectivity index (χ3n) is 3.84. The minimum atomic E-state index is -0.00772. The van der Waals surface area contributed by atoms with Crippen molar-refractivity contribution < 1.29 is 4.79 Å². The second kappa shape index (κ2) is 10.6. The molecule has 0 unspecified atom stereocenters. The molecular formula is C18H28N6OS. The zero-order valence-electron chi connectivity index (χ0n) is 15.7. The Balaban J connectivity index is 1.55. The average Bonchev–Trinajstić information content (AvgIpc) is 3.26. The van der Waals surface area contributed by atoms with E-state index in [4.69, 9.17) is 0 Å². The molecule has 2 rings (SSSR count). The van der Waals surface area contributed by atoms with Crippen LogP contribution in [0.3, 0.4) is 0 Å². The number of carbonyl (C=O) groups excluding carboxylic acids is 1. The number of guanidine groups is 1. The maximum atomic E-state index is 11.8. The van der Waals surface area contributed by atoms with Crippen molar-refractivity contribution in [2.75, 3.05) is 26.7 Å². The first-order chi connectivity index (χ1) is 12.6. The molecular weight excluding hydrogens is 348 g/mol. The minimum absolute atomic E-state index is 0.00772. The Morgan fingerprint density at radius 1 is 1.19 bits per heavy atom. The van der Waals surface area contributed by atoms with Crippen molar-refractivity contribution in [1.29, 1.82) is 0 Å². The lowest BCUT2D eigenvalue weighted by atomic mass is 10.3. The zero-order valence-corrected chi connectivity index (χ0v) is 16.5. The molecule has 2 aromatic rings. The molecule has 0 bridgehead atoms. The molecule has 0 fully saturated rings. The lowest BCUT2D eigenvalue weighted by molar-refractivity contribution is 0.0957. The van der Waals surface area contributed by atoms with Crippen LogP contribution in [0, 0.1) is 13.8 Å². The van der Waals surface area contributed by atoms with Crippen LogP contribution in [-0.4, -0.2) is 48.3 Å². The lowest BCUT2D eigenvalue weighted by Crippen LogP contribution is -2.39. The molecule has 7 nitrogen and oxygen atoms in total. The monoisotopic (exact) mass is 376 g/mol. The second-order valence-electron chi connectivity index (χ2n) is 6.02. The first kappa shape index (κ1) is 20.0. The number of nitrogens with one attached hydrogen (secondary N) is 3. The predicted octanol–water partition coefficient (Wildman–Crippen LogP) is 1.94. The fourth-order valence-corrected chi connectivity index (χ4v) is 3.19. The Morgan fingerprint density at radius 3 is 2.54 bits per heavy atom. The van der Waals surface area contributed by atoms with E-state index < -0.39 is 0 Å². The molecule has 0 spiro atoms. The van der Waals surface area contributed by atoms with Gasteiger partial charge >= 0.3 is 0 Å². The van der Waals surface area contributed by atoms with Crippen molar-refractivity contribution >= 4 is 23.2 Å². The molecule has 0 aromatic carbocycles. The molecule has 2 heterocycles. The number of hydrogen-bond acceptors (Lipinski definition) is 4. The highest BCUT2D eigenvalue weighted by Gasteiger charge is 2.05. The maximum Gasteiger partial charge on any atom is 0.261 e. The Bertz CT molecular complexity index is 707. The van der Waals surface area contributed by atoms with E-state index in [1.54, 1.807) is 7.05 Å². The fraction of sp³-hybridized carbons (Fsp3) is 0.500. The molecule has 0 aliphatic heterocycles. The maximum absolute atomic E-state index is 11.8. The summed E-state index contributed by atoms with van der Waals surface area (Å²) in [6.07, 6.45) is 1.81. The highest BCUT2D eigenvalue weighted by atomic mass is 32.1. The highest BCUT2D eigenvalue weighted by molar-refractivity contribution is 7.12. The summed E-state index contributed by atoms with van der Waals surface area (Å²) in [4.78, 5) is 16.8. The van der Waals surface area contributed by atoms with E-state index >= 15 is 0 Å². The molecule has 2 aromatic heterocycles. The quantitative estimate of drug-likeness (QED) is 0.355. The Kier molecular flexibility index (Phi) is 8.14. The first-order valence-corrected chi connectivity index (χ1v) is 9.75. The van der Waals surface area contributed by atoms with Gasteiger partial charge in [-0.2, -0.15) is 5.10 Å². The third-order valence-corrected chi connectivity index (χ3v) is 4.71. The summed E-state index contributed by atoms with van der Waals surface area (Å²) in [6, 6.07) is 5.80. The van der Waals surface area contributed by atoms with E-state index in [2.05, 4.69) is 39.0 Å². The van der Waals surface area contributed by atoms with Gasteiger partial charge in [0.2, 0.25) is 0 Å². The normalized spacial score (nSPS) is 11.4. The molecule has 0 saturated heterocycles. The average molecular weight is 377 g/mol. The molecule has 0 aliphatic carbocycles. The summed E-state index contributed by atoms with van der Waals surface area (Å²) in [5.41, 5.74) is 2.24. The smallest absolute Gasteiger partial charge is 0.261 e. The zero-order chi connectivity index (χ0) is 18.8. The van der Waals surface area contributed by atoms with Crippen LogP contribution in [0.1, 0.15) is 33.9 Å². The SMILES string of the molecule is CN=C(NCCCNC(=O)c1cccs1)NCCCn1nc(C)cc1C. The summed E-state index contributed by atoms with van der Waals surface area (Å²) in [7, 11) is 1.76. The lowest BCUT2D eigenvalue weighted by Gasteiger charge is -2.12. The van der Waals surface area contributed by atoms with E-state index in [0.29, 0.717) is 6.54 Å². The summed E-state index contributed by atoms with van der Waals surface area (Å²) < 4.78 is 2.03. The number of nitrogens with zero attached hydrogens (tertiary/aromatic N) is 3. The number of thiophene rings is 1. The van der Waals surface area contributed by atoms with E-state index in [-0.39, 0.29) is 5.91 Å². The first-order valence-electron chi connectivity index (χ1n) is 8.87. The second-order valence-corrected chi connectivity index (χ2v) is 6.96. The third kappa shape index (κ3) is 6.51. The van der Waals surface area contributed by atoms with Crippen LogP contribution < -0.4 is 16.0 Å². The number of carbonyl (C=O) groups is 1. The number of rotatable bonds is 9. The van der Waals surface area contributed by atoms with Gasteiger partial charge in [-0.3, -0.25) is 14.5 Å². The number of amides is 1. The van der Waals surface area contributed by atoms with Crippen LogP contribution in [-0.2, 0) is 6.54 Å². The van der Waals surface area contributed by atoms with Crippen LogP contribution in [0.25, 0.3) is 0 Å². The van der Waals surface area contributed by atoms with Crippen LogP contribution in [0.5, 0.6) is 0 Å². The highest BCUT2D eigenvalue weighted by Crippen LogP contribution is 2.07. The molecule has 0 saturated carbocycles. The topological polar surface area (TPSA) is 83.3 Å². The van der Waals surface area contributed by atoms with E-state index in [9.17, 15) is 4.79 Å². The van der Waals surface area contributed by atoms with Gasteiger partial charge in [-0.05, 0) is 44.2 Å². The van der Waals surface area contributed by atoms with Gasteiger partial charge in [0.15, 0.2) is 5.96 Å². The summed E-state index contributed by atoms with van der Waals surface area (Å²) >= 11 is 1.45. The number of aliphatic imine (C=N–C) groups is 1. The van der Waals surface area contributed by atoms with Gasteiger partial charge in [0.25, 0.3) is 5.91 Å². The van der Waals surface area contributed by atoms with Crippen molar-refractivity contribution in [3.63, 3.8) is 0 Å². The van der Waals surface area contributed by atoms with Gasteiger partial charge in [0.1, 0.15) is 0 Å². The van der Waals surface area contributed by atoms with Crippen LogP contribution in [0.4, 0.5) is 0 Å². The van der Waals surface area contributed by atoms with Gasteiger partial charge in [0, 0.05) is 38.9 Å². The Hall–Kier alpha value is -2.35. The van der Waals surface area contributed by atoms with Crippen LogP contribution >= 0.6 is 11.3 Å². The number of aromatic nitrogens is 2. The predicted molar refractivity (Wildman–Crippen MR) is 107 cm³/mol. The van der Waals surface area contributed by atoms with E-state index in [1.807, 2.05) is 29.1 Å². The molecule has 142 valence electrons. The van der Waals surface area contributed by atoms with Crippen LogP contribution in [0.2, 0.25) is 0 Å². The molecule has 26 heavy (non-hydrogen) atoms. The van der Waals surface area contributed by atoms with Gasteiger partial charge in [-0.1, -0.05) is 6.07 Å². The summed E-state index contributed by atoms with van der Waals surface area (Å²) in [6.45, 7) is 7.19. The van der Waals surface area contributed by atoms with Crippen molar-refractivity contribution in [3.8, 4) is 0 Å². The van der Waals surface area contributed by atoms with E-state index in [0.717, 1.165) is 49.0 Å². The van der Waals surface area contributed by atoms with Crippen molar-refractivity contribution in [3.05, 3.63) is 39.8 Å². The van der Waals surface area contributed by atoms with Crippen molar-refractivity contribution in [2.45, 2.75) is 33.2 Å². The molecule has 1 amide bonds. The standard InChI is InChI=1S/C18H28N6OS/c1-14-13-15(2)24(23-14)11-6-10-22-18(19-3)21-9-5-8-20-17(25)16-7-4-12-26-16/h4,7,12-13H,5-6,8-11H2,1-3H3,(H,20,25)(H2,19,21,22). The molecule has 8 heteroatoms. The summed E-state index contributed by atoms with van der Waals surface area (Å²) in [5.74, 6) is 0.773. The van der Waals surface area contributed by atoms with E-state index in [1.165, 1.54) is 17.0 Å². The number of aryl methyl sites for hydroxylation is 3.